The number of aliphatic hydroxyl groups excluding tert-OH is 1. The van der Waals surface area contributed by atoms with E-state index in [2.05, 4.69) is 38.5 Å². The molecule has 4 heteroatoms. The van der Waals surface area contributed by atoms with Crippen LogP contribution in [0.25, 0.3) is 0 Å². The van der Waals surface area contributed by atoms with Crippen molar-refractivity contribution in [3.8, 4) is 0 Å². The van der Waals surface area contributed by atoms with Crippen LogP contribution in [-0.4, -0.2) is 11.7 Å². The fourth-order valence-corrected chi connectivity index (χ4v) is 1.95. The molecule has 0 aliphatic rings. The number of benzene rings is 1. The third-order valence-electron chi connectivity index (χ3n) is 1.55. The highest BCUT2D eigenvalue weighted by Gasteiger charge is 2.08. The van der Waals surface area contributed by atoms with Crippen LogP contribution in [0.1, 0.15) is 11.6 Å². The molecule has 0 bridgehead atoms. The highest BCUT2D eigenvalue weighted by molar-refractivity contribution is 14.1. The van der Waals surface area contributed by atoms with Crippen molar-refractivity contribution in [3.63, 3.8) is 0 Å². The number of nitrogens with two attached hydrogens (primary N) is 1. The number of hydrogen-bond acceptors (Lipinski definition) is 2. The van der Waals surface area contributed by atoms with Crippen LogP contribution in [0.4, 0.5) is 0 Å². The zero-order valence-corrected chi connectivity index (χ0v) is 10.0. The summed E-state index contributed by atoms with van der Waals surface area (Å²) < 4.78 is 2.07. The lowest BCUT2D eigenvalue weighted by atomic mass is 10.1. The van der Waals surface area contributed by atoms with Crippen molar-refractivity contribution in [3.05, 3.63) is 31.8 Å². The second-order valence-electron chi connectivity index (χ2n) is 2.45. The van der Waals surface area contributed by atoms with Crippen LogP contribution >= 0.6 is 38.5 Å². The molecule has 1 unspecified atom stereocenters. The molecule has 0 radical (unpaired) electrons. The van der Waals surface area contributed by atoms with Crippen molar-refractivity contribution < 1.29 is 5.11 Å². The molecular formula is C8H9BrINO. The molecule has 0 saturated carbocycles. The number of aliphatic hydroxyl groups is 1. The Bertz CT molecular complexity index is 280. The van der Waals surface area contributed by atoms with E-state index >= 15 is 0 Å². The van der Waals surface area contributed by atoms with Gasteiger partial charge in [0.15, 0.2) is 0 Å². The summed E-state index contributed by atoms with van der Waals surface area (Å²) in [6.07, 6.45) is 0. The van der Waals surface area contributed by atoms with Crippen molar-refractivity contribution >= 4 is 38.5 Å². The van der Waals surface area contributed by atoms with Gasteiger partial charge in [0.05, 0.1) is 12.6 Å². The first kappa shape index (κ1) is 10.4. The summed E-state index contributed by atoms with van der Waals surface area (Å²) in [6.45, 7) is -0.0291. The summed E-state index contributed by atoms with van der Waals surface area (Å²) in [5.74, 6) is 0. The van der Waals surface area contributed by atoms with Crippen molar-refractivity contribution in [2.75, 3.05) is 6.61 Å². The van der Waals surface area contributed by atoms with E-state index in [0.717, 1.165) is 13.6 Å². The second kappa shape index (κ2) is 4.55. The molecular weight excluding hydrogens is 333 g/mol. The second-order valence-corrected chi connectivity index (χ2v) is 4.55. The van der Waals surface area contributed by atoms with Crippen LogP contribution in [0.5, 0.6) is 0 Å². The van der Waals surface area contributed by atoms with Crippen molar-refractivity contribution in [2.45, 2.75) is 6.04 Å². The molecule has 3 N–H and O–H groups in total. The lowest BCUT2D eigenvalue weighted by Crippen LogP contribution is -2.15. The van der Waals surface area contributed by atoms with E-state index in [1.54, 1.807) is 0 Å². The van der Waals surface area contributed by atoms with E-state index in [1.807, 2.05) is 18.2 Å². The van der Waals surface area contributed by atoms with Gasteiger partial charge in [-0.3, -0.25) is 0 Å². The first-order valence-corrected chi connectivity index (χ1v) is 5.33. The van der Waals surface area contributed by atoms with E-state index in [4.69, 9.17) is 10.8 Å². The van der Waals surface area contributed by atoms with Crippen molar-refractivity contribution in [1.29, 1.82) is 0 Å². The van der Waals surface area contributed by atoms with Gasteiger partial charge in [0.1, 0.15) is 0 Å². The van der Waals surface area contributed by atoms with Gasteiger partial charge in [-0.1, -0.05) is 15.9 Å². The lowest BCUT2D eigenvalue weighted by molar-refractivity contribution is 0.267. The molecule has 0 aromatic heterocycles. The SMILES string of the molecule is NC(CO)c1cc(I)ccc1Br. The number of rotatable bonds is 2. The molecule has 0 aliphatic carbocycles. The summed E-state index contributed by atoms with van der Waals surface area (Å²) in [5, 5.41) is 8.86. The average molecular weight is 342 g/mol. The van der Waals surface area contributed by atoms with E-state index in [1.165, 1.54) is 0 Å². The molecule has 1 atom stereocenters. The molecule has 1 aromatic carbocycles. The number of halogens is 2. The molecule has 0 heterocycles. The molecule has 66 valence electrons. The Labute approximate surface area is 93.4 Å². The third kappa shape index (κ3) is 2.42. The van der Waals surface area contributed by atoms with Crippen molar-refractivity contribution in [2.24, 2.45) is 5.73 Å². The Balaban J connectivity index is 3.04. The maximum atomic E-state index is 8.86. The van der Waals surface area contributed by atoms with Crippen LogP contribution < -0.4 is 5.73 Å². The van der Waals surface area contributed by atoms with Gasteiger partial charge < -0.3 is 10.8 Å². The highest BCUT2D eigenvalue weighted by atomic mass is 127. The first-order valence-electron chi connectivity index (χ1n) is 3.46. The normalized spacial score (nSPS) is 13.0. The van der Waals surface area contributed by atoms with Crippen LogP contribution in [-0.2, 0) is 0 Å². The Morgan fingerprint density at radius 3 is 2.83 bits per heavy atom. The van der Waals surface area contributed by atoms with Crippen LogP contribution in [0.3, 0.4) is 0 Å². The van der Waals surface area contributed by atoms with Gasteiger partial charge in [0.2, 0.25) is 0 Å². The van der Waals surface area contributed by atoms with Gasteiger partial charge in [0.25, 0.3) is 0 Å². The average Bonchev–Trinajstić information content (AvgIpc) is 2.08. The fourth-order valence-electron chi connectivity index (χ4n) is 0.897. The molecule has 2 nitrogen and oxygen atoms in total. The Morgan fingerprint density at radius 1 is 1.58 bits per heavy atom. The van der Waals surface area contributed by atoms with Crippen LogP contribution in [0.15, 0.2) is 22.7 Å². The zero-order chi connectivity index (χ0) is 9.14. The summed E-state index contributed by atoms with van der Waals surface area (Å²) in [7, 11) is 0. The minimum Gasteiger partial charge on any atom is -0.394 e. The Morgan fingerprint density at radius 2 is 2.25 bits per heavy atom. The minimum absolute atomic E-state index is 0.0291. The van der Waals surface area contributed by atoms with Gasteiger partial charge in [-0.15, -0.1) is 0 Å². The largest absolute Gasteiger partial charge is 0.394 e. The predicted molar refractivity (Wildman–Crippen MR) is 60.9 cm³/mol. The third-order valence-corrected chi connectivity index (χ3v) is 2.95. The lowest BCUT2D eigenvalue weighted by Gasteiger charge is -2.10. The topological polar surface area (TPSA) is 46.2 Å². The summed E-state index contributed by atoms with van der Waals surface area (Å²) in [6, 6.07) is 5.59. The number of hydrogen-bond donors (Lipinski definition) is 2. The van der Waals surface area contributed by atoms with E-state index in [0.29, 0.717) is 0 Å². The highest BCUT2D eigenvalue weighted by Crippen LogP contribution is 2.23. The van der Waals surface area contributed by atoms with Crippen LogP contribution in [0.2, 0.25) is 0 Å². The van der Waals surface area contributed by atoms with E-state index in [9.17, 15) is 0 Å². The van der Waals surface area contributed by atoms with Gasteiger partial charge in [0, 0.05) is 8.04 Å². The minimum atomic E-state index is -0.297. The Kier molecular flexibility index (Phi) is 3.95. The quantitative estimate of drug-likeness (QED) is 0.809. The van der Waals surface area contributed by atoms with Gasteiger partial charge in [-0.2, -0.15) is 0 Å². The molecule has 0 aliphatic heterocycles. The van der Waals surface area contributed by atoms with E-state index in [-0.39, 0.29) is 12.6 Å². The molecule has 0 fully saturated rings. The summed E-state index contributed by atoms with van der Waals surface area (Å²) in [5.41, 5.74) is 6.63. The molecule has 0 spiro atoms. The first-order chi connectivity index (χ1) is 5.65. The molecule has 0 saturated heterocycles. The fraction of sp³-hybridized carbons (Fsp3) is 0.250. The molecule has 0 amide bonds. The predicted octanol–water partition coefficient (Wildman–Crippen LogP) is 2.05. The Hall–Kier alpha value is 0.350. The van der Waals surface area contributed by atoms with Gasteiger partial charge >= 0.3 is 0 Å². The van der Waals surface area contributed by atoms with E-state index < -0.39 is 0 Å². The van der Waals surface area contributed by atoms with Crippen molar-refractivity contribution in [1.82, 2.24) is 0 Å². The molecule has 1 rings (SSSR count). The van der Waals surface area contributed by atoms with Gasteiger partial charge in [-0.05, 0) is 46.4 Å². The summed E-state index contributed by atoms with van der Waals surface area (Å²) >= 11 is 5.59. The zero-order valence-electron chi connectivity index (χ0n) is 6.30. The maximum absolute atomic E-state index is 8.86. The maximum Gasteiger partial charge on any atom is 0.0624 e. The summed E-state index contributed by atoms with van der Waals surface area (Å²) in [4.78, 5) is 0. The van der Waals surface area contributed by atoms with Crippen LogP contribution in [0, 0.1) is 3.57 Å². The molecule has 1 aromatic rings. The van der Waals surface area contributed by atoms with Gasteiger partial charge in [-0.25, -0.2) is 0 Å². The monoisotopic (exact) mass is 341 g/mol. The molecule has 12 heavy (non-hydrogen) atoms. The smallest absolute Gasteiger partial charge is 0.0624 e. The standard InChI is InChI=1S/C8H9BrINO/c9-7-2-1-5(10)3-6(7)8(11)4-12/h1-3,8,12H,4,11H2.